The van der Waals surface area contributed by atoms with Crippen molar-refractivity contribution in [1.82, 2.24) is 9.55 Å². The van der Waals surface area contributed by atoms with Crippen molar-refractivity contribution in [2.75, 3.05) is 6.61 Å². The number of rotatable bonds is 4. The predicted octanol–water partition coefficient (Wildman–Crippen LogP) is 0.213. The van der Waals surface area contributed by atoms with Crippen molar-refractivity contribution < 1.29 is 10.0 Å². The van der Waals surface area contributed by atoms with E-state index in [2.05, 4.69) is 17.6 Å². The standard InChI is InChI=1S/C6H9N3O3S/c10-2-1-5-7-3-6(9(11)12)8(5)4-13/h3,10,13H,1-2,4H2. The van der Waals surface area contributed by atoms with Crippen molar-refractivity contribution >= 4 is 18.4 Å². The summed E-state index contributed by atoms with van der Waals surface area (Å²) in [4.78, 5) is 13.7. The van der Waals surface area contributed by atoms with E-state index in [1.54, 1.807) is 0 Å². The maximum Gasteiger partial charge on any atom is 0.343 e. The van der Waals surface area contributed by atoms with Crippen molar-refractivity contribution in [3.63, 3.8) is 0 Å². The number of nitrogens with zero attached hydrogens (tertiary/aromatic N) is 3. The van der Waals surface area contributed by atoms with Crippen LogP contribution in [0.4, 0.5) is 5.82 Å². The van der Waals surface area contributed by atoms with Gasteiger partial charge in [0.2, 0.25) is 0 Å². The van der Waals surface area contributed by atoms with Gasteiger partial charge in [-0.25, -0.2) is 9.55 Å². The van der Waals surface area contributed by atoms with Crippen molar-refractivity contribution in [2.24, 2.45) is 0 Å². The first kappa shape index (κ1) is 10.0. The van der Waals surface area contributed by atoms with Crippen LogP contribution in [0.1, 0.15) is 5.82 Å². The average molecular weight is 203 g/mol. The zero-order valence-corrected chi connectivity index (χ0v) is 7.65. The SMILES string of the molecule is O=[N+]([O-])c1cnc(CCO)n1CS. The Bertz CT molecular complexity index is 312. The molecule has 0 aromatic carbocycles. The molecule has 0 radical (unpaired) electrons. The van der Waals surface area contributed by atoms with E-state index in [0.717, 1.165) is 0 Å². The molecule has 1 N–H and O–H groups in total. The molecule has 0 unspecified atom stereocenters. The van der Waals surface area contributed by atoms with Crippen molar-refractivity contribution in [3.8, 4) is 0 Å². The van der Waals surface area contributed by atoms with Crippen LogP contribution < -0.4 is 0 Å². The van der Waals surface area contributed by atoms with Gasteiger partial charge in [-0.3, -0.25) is 0 Å². The highest BCUT2D eigenvalue weighted by atomic mass is 32.1. The minimum Gasteiger partial charge on any atom is -0.396 e. The molecule has 0 fully saturated rings. The summed E-state index contributed by atoms with van der Waals surface area (Å²) in [6, 6.07) is 0. The lowest BCUT2D eigenvalue weighted by Gasteiger charge is -1.99. The molecule has 0 aliphatic heterocycles. The Balaban J connectivity index is 3.03. The van der Waals surface area contributed by atoms with Gasteiger partial charge in [-0.05, 0) is 4.92 Å². The first-order chi connectivity index (χ1) is 6.20. The lowest BCUT2D eigenvalue weighted by molar-refractivity contribution is -0.391. The highest BCUT2D eigenvalue weighted by Crippen LogP contribution is 2.14. The molecular formula is C6H9N3O3S. The fourth-order valence-electron chi connectivity index (χ4n) is 1.00. The quantitative estimate of drug-likeness (QED) is 0.416. The lowest BCUT2D eigenvalue weighted by Crippen LogP contribution is -2.06. The highest BCUT2D eigenvalue weighted by Gasteiger charge is 2.17. The second-order valence-electron chi connectivity index (χ2n) is 2.33. The number of aromatic nitrogens is 2. The summed E-state index contributed by atoms with van der Waals surface area (Å²) >= 11 is 3.94. The zero-order valence-electron chi connectivity index (χ0n) is 6.75. The molecule has 0 spiro atoms. The molecule has 1 aromatic rings. The van der Waals surface area contributed by atoms with Gasteiger partial charge in [0.05, 0.1) is 13.0 Å². The third-order valence-corrected chi connectivity index (χ3v) is 1.86. The Kier molecular flexibility index (Phi) is 3.26. The van der Waals surface area contributed by atoms with Gasteiger partial charge in [-0.2, -0.15) is 0 Å². The number of nitro groups is 1. The van der Waals surface area contributed by atoms with Crippen LogP contribution in [0.5, 0.6) is 0 Å². The zero-order chi connectivity index (χ0) is 9.84. The van der Waals surface area contributed by atoms with Gasteiger partial charge in [0.25, 0.3) is 0 Å². The van der Waals surface area contributed by atoms with E-state index in [9.17, 15) is 10.1 Å². The number of hydrogen-bond donors (Lipinski definition) is 2. The normalized spacial score (nSPS) is 10.3. The molecule has 1 aromatic heterocycles. The van der Waals surface area contributed by atoms with Gasteiger partial charge < -0.3 is 15.2 Å². The number of thiol groups is 1. The number of aliphatic hydroxyl groups is 1. The molecule has 0 saturated heterocycles. The molecule has 0 aliphatic rings. The van der Waals surface area contributed by atoms with Crippen LogP contribution >= 0.6 is 12.6 Å². The minimum absolute atomic E-state index is 0.0814. The van der Waals surface area contributed by atoms with E-state index in [1.165, 1.54) is 10.8 Å². The first-order valence-electron chi connectivity index (χ1n) is 3.61. The van der Waals surface area contributed by atoms with Gasteiger partial charge in [0.15, 0.2) is 5.82 Å². The van der Waals surface area contributed by atoms with E-state index >= 15 is 0 Å². The van der Waals surface area contributed by atoms with Gasteiger partial charge in [0, 0.05) is 0 Å². The number of aliphatic hydroxyl groups excluding tert-OH is 1. The van der Waals surface area contributed by atoms with Crippen LogP contribution in [0, 0.1) is 10.1 Å². The van der Waals surface area contributed by atoms with E-state index < -0.39 is 4.92 Å². The summed E-state index contributed by atoms with van der Waals surface area (Å²) in [5.41, 5.74) is 0. The molecule has 1 rings (SSSR count). The highest BCUT2D eigenvalue weighted by molar-refractivity contribution is 7.79. The summed E-state index contributed by atoms with van der Waals surface area (Å²) in [6.45, 7) is -0.0814. The van der Waals surface area contributed by atoms with Gasteiger partial charge in [-0.1, -0.05) is 0 Å². The molecule has 0 aliphatic carbocycles. The van der Waals surface area contributed by atoms with Gasteiger partial charge in [0.1, 0.15) is 12.1 Å². The Morgan fingerprint density at radius 1 is 1.77 bits per heavy atom. The third-order valence-electron chi connectivity index (χ3n) is 1.58. The molecule has 0 bridgehead atoms. The van der Waals surface area contributed by atoms with E-state index in [1.807, 2.05) is 0 Å². The average Bonchev–Trinajstić information content (AvgIpc) is 2.48. The topological polar surface area (TPSA) is 81.2 Å². The minimum atomic E-state index is -0.524. The largest absolute Gasteiger partial charge is 0.396 e. The first-order valence-corrected chi connectivity index (χ1v) is 4.24. The number of imidazole rings is 1. The van der Waals surface area contributed by atoms with Crippen molar-refractivity contribution in [3.05, 3.63) is 22.1 Å². The summed E-state index contributed by atoms with van der Waals surface area (Å²) in [5, 5.41) is 19.1. The maximum absolute atomic E-state index is 10.4. The monoisotopic (exact) mass is 203 g/mol. The van der Waals surface area contributed by atoms with Gasteiger partial charge >= 0.3 is 5.82 Å². The van der Waals surface area contributed by atoms with Crippen LogP contribution in [0.15, 0.2) is 6.20 Å². The summed E-state index contributed by atoms with van der Waals surface area (Å²) in [6.07, 6.45) is 1.47. The third kappa shape index (κ3) is 1.99. The fraction of sp³-hybridized carbons (Fsp3) is 0.500. The van der Waals surface area contributed by atoms with Gasteiger partial charge in [-0.15, -0.1) is 12.6 Å². The van der Waals surface area contributed by atoms with Crippen LogP contribution in [-0.2, 0) is 12.3 Å². The van der Waals surface area contributed by atoms with Crippen LogP contribution in [0.2, 0.25) is 0 Å². The Labute approximate surface area is 79.8 Å². The van der Waals surface area contributed by atoms with Crippen LogP contribution in [0.3, 0.4) is 0 Å². The van der Waals surface area contributed by atoms with E-state index in [-0.39, 0.29) is 18.3 Å². The Morgan fingerprint density at radius 2 is 2.46 bits per heavy atom. The molecule has 6 nitrogen and oxygen atoms in total. The summed E-state index contributed by atoms with van der Waals surface area (Å²) in [5.74, 6) is 0.564. The fourth-order valence-corrected chi connectivity index (χ4v) is 1.31. The molecule has 0 saturated carbocycles. The molecule has 7 heteroatoms. The second-order valence-corrected chi connectivity index (χ2v) is 2.62. The predicted molar refractivity (Wildman–Crippen MR) is 48.7 cm³/mol. The van der Waals surface area contributed by atoms with E-state index in [0.29, 0.717) is 12.2 Å². The molecular weight excluding hydrogens is 194 g/mol. The summed E-state index contributed by atoms with van der Waals surface area (Å²) in [7, 11) is 0. The van der Waals surface area contributed by atoms with E-state index in [4.69, 9.17) is 5.11 Å². The Hall–Kier alpha value is -1.08. The number of hydrogen-bond acceptors (Lipinski definition) is 5. The summed E-state index contributed by atoms with van der Waals surface area (Å²) < 4.78 is 1.35. The molecule has 0 amide bonds. The van der Waals surface area contributed by atoms with Crippen LogP contribution in [-0.4, -0.2) is 26.2 Å². The van der Waals surface area contributed by atoms with Crippen molar-refractivity contribution in [2.45, 2.75) is 12.3 Å². The molecule has 0 atom stereocenters. The smallest absolute Gasteiger partial charge is 0.343 e. The molecule has 1 heterocycles. The Morgan fingerprint density at radius 3 is 2.92 bits per heavy atom. The molecule has 72 valence electrons. The molecule has 13 heavy (non-hydrogen) atoms. The van der Waals surface area contributed by atoms with Crippen LogP contribution in [0.25, 0.3) is 0 Å². The lowest BCUT2D eigenvalue weighted by atomic mass is 10.4. The van der Waals surface area contributed by atoms with Crippen molar-refractivity contribution in [1.29, 1.82) is 0 Å². The maximum atomic E-state index is 10.4. The second kappa shape index (κ2) is 4.24.